The molecule has 5 nitrogen and oxygen atoms in total. The normalized spacial score (nSPS) is 11.8. The van der Waals surface area contributed by atoms with Crippen molar-refractivity contribution in [2.75, 3.05) is 32.1 Å². The number of benzene rings is 2. The summed E-state index contributed by atoms with van der Waals surface area (Å²) in [5.74, 6) is 0.848. The average Bonchev–Trinajstić information content (AvgIpc) is 2.68. The maximum Gasteiger partial charge on any atom is 0.241 e. The lowest BCUT2D eigenvalue weighted by molar-refractivity contribution is -0.119. The molecule has 0 bridgehead atoms. The van der Waals surface area contributed by atoms with Gasteiger partial charge in [-0.05, 0) is 75.2 Å². The van der Waals surface area contributed by atoms with E-state index in [-0.39, 0.29) is 11.9 Å². The van der Waals surface area contributed by atoms with Gasteiger partial charge in [-0.25, -0.2) is 0 Å². The van der Waals surface area contributed by atoms with Gasteiger partial charge in [0.05, 0.1) is 26.1 Å². The fourth-order valence-corrected chi connectivity index (χ4v) is 3.38. The molecule has 0 aliphatic rings. The first-order valence-electron chi connectivity index (χ1n) is 9.92. The second-order valence-corrected chi connectivity index (χ2v) is 7.62. The predicted octanol–water partition coefficient (Wildman–Crippen LogP) is 4.12. The summed E-state index contributed by atoms with van der Waals surface area (Å²) in [6.07, 6.45) is 1.15. The molecule has 2 aromatic rings. The lowest BCUT2D eigenvalue weighted by Crippen LogP contribution is -2.43. The predicted molar refractivity (Wildman–Crippen MR) is 117 cm³/mol. The van der Waals surface area contributed by atoms with Gasteiger partial charge in [-0.15, -0.1) is 0 Å². The number of likely N-dealkylation sites (N-methyl/N-ethyl adjacent to an activating group) is 1. The van der Waals surface area contributed by atoms with Crippen molar-refractivity contribution in [2.24, 2.45) is 0 Å². The zero-order chi connectivity index (χ0) is 21.4. The van der Waals surface area contributed by atoms with Gasteiger partial charge in [0.25, 0.3) is 0 Å². The lowest BCUT2D eigenvalue weighted by atomic mass is 10.1. The topological polar surface area (TPSA) is 56.6 Å². The van der Waals surface area contributed by atoms with Gasteiger partial charge in [-0.1, -0.05) is 18.2 Å². The van der Waals surface area contributed by atoms with Crippen LogP contribution in [-0.4, -0.2) is 44.1 Å². The molecular weight excluding hydrogens is 362 g/mol. The highest BCUT2D eigenvalue weighted by Crippen LogP contribution is 2.20. The lowest BCUT2D eigenvalue weighted by Gasteiger charge is -2.29. The fourth-order valence-electron chi connectivity index (χ4n) is 3.38. The Bertz CT molecular complexity index is 835. The number of methoxy groups -OCH3 is 1. The summed E-state index contributed by atoms with van der Waals surface area (Å²) in [5.41, 5.74) is 4.28. The molecule has 1 atom stereocenters. The molecule has 0 saturated carbocycles. The molecule has 0 radical (unpaired) electrons. The van der Waals surface area contributed by atoms with E-state index < -0.39 is 0 Å². The second-order valence-electron chi connectivity index (χ2n) is 7.62. The minimum Gasteiger partial charge on any atom is -0.497 e. The monoisotopic (exact) mass is 393 g/mol. The number of carbonyl (C=O) groups excluding carboxylic acids is 1. The molecule has 2 aromatic carbocycles. The molecule has 0 spiro atoms. The van der Waals surface area contributed by atoms with Crippen LogP contribution in [0.25, 0.3) is 0 Å². The number of nitriles is 1. The Kier molecular flexibility index (Phi) is 8.23. The number of anilines is 1. The summed E-state index contributed by atoms with van der Waals surface area (Å²) in [6, 6.07) is 16.5. The minimum absolute atomic E-state index is 0.00864. The third-order valence-corrected chi connectivity index (χ3v) is 5.09. The molecule has 0 aromatic heterocycles. The van der Waals surface area contributed by atoms with Gasteiger partial charge < -0.3 is 9.64 Å². The van der Waals surface area contributed by atoms with Crippen molar-refractivity contribution in [1.29, 1.82) is 5.26 Å². The van der Waals surface area contributed by atoms with E-state index in [9.17, 15) is 4.79 Å². The van der Waals surface area contributed by atoms with Crippen LogP contribution in [-0.2, 0) is 11.2 Å². The highest BCUT2D eigenvalue weighted by molar-refractivity contribution is 5.95. The number of nitrogens with zero attached hydrogens (tertiary/aromatic N) is 3. The van der Waals surface area contributed by atoms with Crippen LogP contribution in [0.5, 0.6) is 5.75 Å². The SMILES string of the molecule is COc1ccc(CC(C)N(C)CC(=O)N(CCC#N)c2cc(C)cc(C)c2)cc1. The molecule has 29 heavy (non-hydrogen) atoms. The van der Waals surface area contributed by atoms with Crippen LogP contribution in [0.3, 0.4) is 0 Å². The number of rotatable bonds is 9. The average molecular weight is 394 g/mol. The number of carbonyl (C=O) groups is 1. The van der Waals surface area contributed by atoms with Crippen LogP contribution in [0.15, 0.2) is 42.5 Å². The number of amides is 1. The molecule has 2 rings (SSSR count). The van der Waals surface area contributed by atoms with Crippen LogP contribution < -0.4 is 9.64 Å². The van der Waals surface area contributed by atoms with Crippen LogP contribution in [0.4, 0.5) is 5.69 Å². The van der Waals surface area contributed by atoms with Gasteiger partial charge in [0, 0.05) is 18.3 Å². The van der Waals surface area contributed by atoms with Crippen LogP contribution in [0.1, 0.15) is 30.0 Å². The Labute approximate surface area is 174 Å². The fraction of sp³-hybridized carbons (Fsp3) is 0.417. The third kappa shape index (κ3) is 6.62. The van der Waals surface area contributed by atoms with Crippen molar-refractivity contribution >= 4 is 11.6 Å². The molecule has 154 valence electrons. The van der Waals surface area contributed by atoms with Crippen molar-refractivity contribution in [3.05, 3.63) is 59.2 Å². The van der Waals surface area contributed by atoms with E-state index in [0.29, 0.717) is 19.5 Å². The van der Waals surface area contributed by atoms with Gasteiger partial charge in [0.1, 0.15) is 5.75 Å². The zero-order valence-corrected chi connectivity index (χ0v) is 18.1. The third-order valence-electron chi connectivity index (χ3n) is 5.09. The molecule has 1 unspecified atom stereocenters. The van der Waals surface area contributed by atoms with E-state index in [4.69, 9.17) is 10.00 Å². The molecule has 0 aliphatic heterocycles. The van der Waals surface area contributed by atoms with Crippen LogP contribution >= 0.6 is 0 Å². The molecular formula is C24H31N3O2. The maximum atomic E-state index is 13.1. The first kappa shape index (κ1) is 22.4. The number of hydrogen-bond donors (Lipinski definition) is 0. The molecule has 0 heterocycles. The summed E-state index contributed by atoms with van der Waals surface area (Å²) in [5, 5.41) is 9.02. The summed E-state index contributed by atoms with van der Waals surface area (Å²) < 4.78 is 5.21. The summed E-state index contributed by atoms with van der Waals surface area (Å²) in [7, 11) is 3.63. The van der Waals surface area contributed by atoms with Gasteiger partial charge in [0.15, 0.2) is 0 Å². The van der Waals surface area contributed by atoms with Gasteiger partial charge in [-0.2, -0.15) is 5.26 Å². The van der Waals surface area contributed by atoms with Crippen LogP contribution in [0, 0.1) is 25.2 Å². The Morgan fingerprint density at radius 1 is 1.14 bits per heavy atom. The molecule has 0 saturated heterocycles. The highest BCUT2D eigenvalue weighted by Gasteiger charge is 2.20. The van der Waals surface area contributed by atoms with E-state index in [2.05, 4.69) is 36.1 Å². The second kappa shape index (κ2) is 10.6. The van der Waals surface area contributed by atoms with Crippen molar-refractivity contribution in [3.63, 3.8) is 0 Å². The van der Waals surface area contributed by atoms with E-state index in [1.165, 1.54) is 5.56 Å². The van der Waals surface area contributed by atoms with E-state index in [1.807, 2.05) is 45.2 Å². The molecule has 0 fully saturated rings. The van der Waals surface area contributed by atoms with Crippen molar-refractivity contribution in [1.82, 2.24) is 4.90 Å². The van der Waals surface area contributed by atoms with Crippen molar-refractivity contribution in [3.8, 4) is 11.8 Å². The molecule has 1 amide bonds. The van der Waals surface area contributed by atoms with Gasteiger partial charge in [-0.3, -0.25) is 9.69 Å². The van der Waals surface area contributed by atoms with Crippen LogP contribution in [0.2, 0.25) is 0 Å². The zero-order valence-electron chi connectivity index (χ0n) is 18.1. The van der Waals surface area contributed by atoms with E-state index in [1.54, 1.807) is 12.0 Å². The maximum absolute atomic E-state index is 13.1. The molecule has 0 aliphatic carbocycles. The van der Waals surface area contributed by atoms with Crippen molar-refractivity contribution in [2.45, 2.75) is 39.7 Å². The number of ether oxygens (including phenoxy) is 1. The van der Waals surface area contributed by atoms with E-state index >= 15 is 0 Å². The standard InChI is InChI=1S/C24H31N3O2/c1-18-13-19(2)15-22(14-18)27(12-6-11-25)24(28)17-26(4)20(3)16-21-7-9-23(29-5)10-8-21/h7-10,13-15,20H,6,12,16-17H2,1-5H3. The summed E-state index contributed by atoms with van der Waals surface area (Å²) >= 11 is 0. The Morgan fingerprint density at radius 2 is 1.76 bits per heavy atom. The summed E-state index contributed by atoms with van der Waals surface area (Å²) in [4.78, 5) is 16.9. The first-order valence-corrected chi connectivity index (χ1v) is 9.92. The number of hydrogen-bond acceptors (Lipinski definition) is 4. The molecule has 5 heteroatoms. The van der Waals surface area contributed by atoms with Crippen molar-refractivity contribution < 1.29 is 9.53 Å². The minimum atomic E-state index is 0.00864. The van der Waals surface area contributed by atoms with E-state index in [0.717, 1.165) is 29.0 Å². The molecule has 0 N–H and O–H groups in total. The Morgan fingerprint density at radius 3 is 2.31 bits per heavy atom. The Hall–Kier alpha value is -2.84. The van der Waals surface area contributed by atoms with Gasteiger partial charge in [0.2, 0.25) is 5.91 Å². The largest absolute Gasteiger partial charge is 0.497 e. The van der Waals surface area contributed by atoms with Gasteiger partial charge >= 0.3 is 0 Å². The first-order chi connectivity index (χ1) is 13.8. The Balaban J connectivity index is 2.07. The number of aryl methyl sites for hydroxylation is 2. The smallest absolute Gasteiger partial charge is 0.241 e. The quantitative estimate of drug-likeness (QED) is 0.643. The summed E-state index contributed by atoms with van der Waals surface area (Å²) in [6.45, 7) is 6.86. The highest BCUT2D eigenvalue weighted by atomic mass is 16.5.